The number of ketones is 1. The molecule has 0 bridgehead atoms. The molecule has 0 saturated carbocycles. The predicted molar refractivity (Wildman–Crippen MR) is 67.5 cm³/mol. The monoisotopic (exact) mass is 238 g/mol. The Hall–Kier alpha value is -2.55. The zero-order valence-electron chi connectivity index (χ0n) is 9.46. The van der Waals surface area contributed by atoms with E-state index in [1.165, 1.54) is 6.07 Å². The molecule has 0 saturated heterocycles. The van der Waals surface area contributed by atoms with Gasteiger partial charge in [0.05, 0.1) is 5.56 Å². The minimum Gasteiger partial charge on any atom is -0.504 e. The summed E-state index contributed by atoms with van der Waals surface area (Å²) < 4.78 is 5.42. The Kier molecular flexibility index (Phi) is 2.38. The van der Waals surface area contributed by atoms with Crippen LogP contribution in [0.2, 0.25) is 0 Å². The molecule has 3 heteroatoms. The zero-order chi connectivity index (χ0) is 12.5. The fourth-order valence-electron chi connectivity index (χ4n) is 1.90. The van der Waals surface area contributed by atoms with Crippen molar-refractivity contribution in [3.05, 3.63) is 65.4 Å². The Morgan fingerprint density at radius 2 is 1.78 bits per heavy atom. The van der Waals surface area contributed by atoms with Gasteiger partial charge >= 0.3 is 0 Å². The summed E-state index contributed by atoms with van der Waals surface area (Å²) in [5.41, 5.74) is 1.28. The summed E-state index contributed by atoms with van der Waals surface area (Å²) in [5.74, 6) is 0.254. The fraction of sp³-hybridized carbons (Fsp3) is 0. The van der Waals surface area contributed by atoms with Crippen molar-refractivity contribution in [3.63, 3.8) is 0 Å². The lowest BCUT2D eigenvalue weighted by Crippen LogP contribution is -1.97. The van der Waals surface area contributed by atoms with Crippen LogP contribution in [0.15, 0.2) is 54.3 Å². The Bertz CT molecular complexity index is 642. The van der Waals surface area contributed by atoms with Crippen molar-refractivity contribution in [1.29, 1.82) is 0 Å². The molecule has 1 aliphatic rings. The highest BCUT2D eigenvalue weighted by molar-refractivity contribution is 6.15. The maximum absolute atomic E-state index is 12.0. The number of fused-ring (bicyclic) bond motifs is 1. The van der Waals surface area contributed by atoms with Gasteiger partial charge in [-0.05, 0) is 23.8 Å². The number of carbonyl (C=O) groups is 1. The van der Waals surface area contributed by atoms with Gasteiger partial charge in [-0.15, -0.1) is 0 Å². The molecule has 1 N–H and O–H groups in total. The number of ether oxygens (including phenoxy) is 1. The predicted octanol–water partition coefficient (Wildman–Crippen LogP) is 3.01. The maximum atomic E-state index is 12.0. The Labute approximate surface area is 104 Å². The number of carbonyl (C=O) groups excluding carboxylic acids is 1. The van der Waals surface area contributed by atoms with E-state index in [1.54, 1.807) is 18.2 Å². The second kappa shape index (κ2) is 4.04. The van der Waals surface area contributed by atoms with Crippen LogP contribution in [0.3, 0.4) is 0 Å². The van der Waals surface area contributed by atoms with Crippen LogP contribution in [-0.2, 0) is 0 Å². The third kappa shape index (κ3) is 1.66. The number of phenols is 1. The van der Waals surface area contributed by atoms with E-state index in [4.69, 9.17) is 4.74 Å². The zero-order valence-corrected chi connectivity index (χ0v) is 9.46. The van der Waals surface area contributed by atoms with Crippen LogP contribution in [-0.4, -0.2) is 10.9 Å². The van der Waals surface area contributed by atoms with Crippen molar-refractivity contribution < 1.29 is 14.6 Å². The van der Waals surface area contributed by atoms with E-state index in [9.17, 15) is 9.90 Å². The topological polar surface area (TPSA) is 46.5 Å². The van der Waals surface area contributed by atoms with Gasteiger partial charge in [0, 0.05) is 0 Å². The van der Waals surface area contributed by atoms with Crippen molar-refractivity contribution in [1.82, 2.24) is 0 Å². The molecule has 1 aliphatic heterocycles. The molecule has 0 amide bonds. The van der Waals surface area contributed by atoms with E-state index in [-0.39, 0.29) is 23.0 Å². The molecule has 0 aromatic heterocycles. The van der Waals surface area contributed by atoms with Crippen LogP contribution in [0.25, 0.3) is 6.08 Å². The molecule has 0 unspecified atom stereocenters. The first-order valence-electron chi connectivity index (χ1n) is 5.57. The SMILES string of the molecule is O=C1/C(=C/c2ccccc2)Oc2c(O)cccc21. The normalized spacial score (nSPS) is 15.6. The number of para-hydroxylation sites is 1. The van der Waals surface area contributed by atoms with E-state index in [1.807, 2.05) is 30.3 Å². The molecule has 0 atom stereocenters. The Morgan fingerprint density at radius 3 is 2.50 bits per heavy atom. The second-order valence-electron chi connectivity index (χ2n) is 4.00. The summed E-state index contributed by atoms with van der Waals surface area (Å²) in [5, 5.41) is 9.63. The largest absolute Gasteiger partial charge is 0.504 e. The standard InChI is InChI=1S/C15H10O3/c16-12-8-4-7-11-14(17)13(18-15(11)12)9-10-5-2-1-3-6-10/h1-9,16H/b13-9-. The molecule has 0 spiro atoms. The molecule has 3 nitrogen and oxygen atoms in total. The lowest BCUT2D eigenvalue weighted by Gasteiger charge is -2.00. The number of hydrogen-bond donors (Lipinski definition) is 1. The minimum absolute atomic E-state index is 0.0164. The average Bonchev–Trinajstić information content (AvgIpc) is 2.70. The molecule has 1 heterocycles. The van der Waals surface area contributed by atoms with E-state index >= 15 is 0 Å². The summed E-state index contributed by atoms with van der Waals surface area (Å²) in [7, 11) is 0. The second-order valence-corrected chi connectivity index (χ2v) is 4.00. The average molecular weight is 238 g/mol. The highest BCUT2D eigenvalue weighted by Gasteiger charge is 2.29. The molecule has 88 valence electrons. The van der Waals surface area contributed by atoms with Crippen molar-refractivity contribution in [3.8, 4) is 11.5 Å². The molecule has 2 aromatic carbocycles. The Morgan fingerprint density at radius 1 is 1.00 bits per heavy atom. The third-order valence-corrected chi connectivity index (χ3v) is 2.77. The van der Waals surface area contributed by atoms with E-state index in [0.717, 1.165) is 5.56 Å². The van der Waals surface area contributed by atoms with Crippen molar-refractivity contribution in [2.24, 2.45) is 0 Å². The van der Waals surface area contributed by atoms with Crippen LogP contribution >= 0.6 is 0 Å². The first-order chi connectivity index (χ1) is 8.75. The van der Waals surface area contributed by atoms with Gasteiger partial charge in [-0.25, -0.2) is 0 Å². The summed E-state index contributed by atoms with van der Waals surface area (Å²) in [6.07, 6.45) is 1.67. The number of phenolic OH excluding ortho intramolecular Hbond substituents is 1. The summed E-state index contributed by atoms with van der Waals surface area (Å²) in [6.45, 7) is 0. The van der Waals surface area contributed by atoms with E-state index in [2.05, 4.69) is 0 Å². The number of benzene rings is 2. The van der Waals surface area contributed by atoms with Gasteiger partial charge < -0.3 is 9.84 Å². The molecule has 18 heavy (non-hydrogen) atoms. The highest BCUT2D eigenvalue weighted by atomic mass is 16.5. The quantitative estimate of drug-likeness (QED) is 0.777. The van der Waals surface area contributed by atoms with Crippen molar-refractivity contribution in [2.75, 3.05) is 0 Å². The van der Waals surface area contributed by atoms with Gasteiger partial charge in [0.2, 0.25) is 5.78 Å². The van der Waals surface area contributed by atoms with Crippen LogP contribution in [0.1, 0.15) is 15.9 Å². The molecule has 2 aromatic rings. The van der Waals surface area contributed by atoms with Gasteiger partial charge in [-0.2, -0.15) is 0 Å². The van der Waals surface area contributed by atoms with Crippen molar-refractivity contribution in [2.45, 2.75) is 0 Å². The van der Waals surface area contributed by atoms with E-state index in [0.29, 0.717) is 5.56 Å². The molecule has 0 aliphatic carbocycles. The molecule has 0 fully saturated rings. The van der Waals surface area contributed by atoms with Crippen molar-refractivity contribution >= 4 is 11.9 Å². The molecular weight excluding hydrogens is 228 g/mol. The lowest BCUT2D eigenvalue weighted by molar-refractivity contribution is 0.101. The molecule has 3 rings (SSSR count). The highest BCUT2D eigenvalue weighted by Crippen LogP contribution is 2.38. The smallest absolute Gasteiger partial charge is 0.232 e. The fourth-order valence-corrected chi connectivity index (χ4v) is 1.90. The number of hydrogen-bond acceptors (Lipinski definition) is 3. The third-order valence-electron chi connectivity index (χ3n) is 2.77. The van der Waals surface area contributed by atoms with Gasteiger partial charge in [-0.3, -0.25) is 4.79 Å². The lowest BCUT2D eigenvalue weighted by atomic mass is 10.1. The first kappa shape index (κ1) is 10.6. The first-order valence-corrected chi connectivity index (χ1v) is 5.57. The number of Topliss-reactive ketones (excluding diaryl/α,β-unsaturated/α-hetero) is 1. The Balaban J connectivity index is 2.03. The summed E-state index contributed by atoms with van der Waals surface area (Å²) in [4.78, 5) is 12.0. The van der Waals surface area contributed by atoms with Crippen LogP contribution in [0, 0.1) is 0 Å². The number of allylic oxidation sites excluding steroid dienone is 1. The number of rotatable bonds is 1. The minimum atomic E-state index is -0.204. The van der Waals surface area contributed by atoms with Gasteiger partial charge in [0.25, 0.3) is 0 Å². The van der Waals surface area contributed by atoms with Crippen LogP contribution in [0.5, 0.6) is 11.5 Å². The van der Waals surface area contributed by atoms with Gasteiger partial charge in [0.1, 0.15) is 0 Å². The van der Waals surface area contributed by atoms with Crippen LogP contribution in [0.4, 0.5) is 0 Å². The van der Waals surface area contributed by atoms with E-state index < -0.39 is 0 Å². The summed E-state index contributed by atoms with van der Waals surface area (Å²) >= 11 is 0. The van der Waals surface area contributed by atoms with Gasteiger partial charge in [-0.1, -0.05) is 36.4 Å². The summed E-state index contributed by atoms with van der Waals surface area (Å²) in [6, 6.07) is 14.2. The molecule has 0 radical (unpaired) electrons. The van der Waals surface area contributed by atoms with Crippen LogP contribution < -0.4 is 4.74 Å². The van der Waals surface area contributed by atoms with Gasteiger partial charge in [0.15, 0.2) is 17.3 Å². The molecular formula is C15H10O3. The maximum Gasteiger partial charge on any atom is 0.232 e. The number of aromatic hydroxyl groups is 1.